The van der Waals surface area contributed by atoms with Gasteiger partial charge in [-0.15, -0.1) is 0 Å². The fourth-order valence-electron chi connectivity index (χ4n) is 3.96. The zero-order chi connectivity index (χ0) is 17.2. The highest BCUT2D eigenvalue weighted by Crippen LogP contribution is 2.35. The van der Waals surface area contributed by atoms with Gasteiger partial charge in [-0.3, -0.25) is 9.59 Å². The van der Waals surface area contributed by atoms with Gasteiger partial charge in [-0.05, 0) is 51.3 Å². The number of carbonyl (C=O) groups is 2. The van der Waals surface area contributed by atoms with Crippen LogP contribution in [0.25, 0.3) is 0 Å². The van der Waals surface area contributed by atoms with Crippen molar-refractivity contribution in [3.63, 3.8) is 0 Å². The standard InChI is InChI=1S/C19H27N3O2/c1-14-4-5-16(15(2)10-14)21-17(23)11-18(24)22-9-3-6-19(13-22)7-8-20-12-19/h4-5,10,20H,3,6-9,11-13H2,1-2H3,(H,21,23)/t19-/m0/s1. The summed E-state index contributed by atoms with van der Waals surface area (Å²) in [7, 11) is 0. The van der Waals surface area contributed by atoms with Crippen molar-refractivity contribution in [1.82, 2.24) is 10.2 Å². The third-order valence-corrected chi connectivity index (χ3v) is 5.31. The number of aryl methyl sites for hydroxylation is 2. The Morgan fingerprint density at radius 3 is 2.83 bits per heavy atom. The minimum atomic E-state index is -0.226. The number of anilines is 1. The van der Waals surface area contributed by atoms with Crippen LogP contribution in [0.15, 0.2) is 18.2 Å². The Bertz CT molecular complexity index is 635. The number of nitrogens with zero attached hydrogens (tertiary/aromatic N) is 1. The predicted octanol–water partition coefficient (Wildman–Crippen LogP) is 2.23. The molecule has 0 saturated carbocycles. The fraction of sp³-hybridized carbons (Fsp3) is 0.579. The average Bonchev–Trinajstić information content (AvgIpc) is 2.98. The molecule has 2 amide bonds. The van der Waals surface area contributed by atoms with Gasteiger partial charge < -0.3 is 15.5 Å². The van der Waals surface area contributed by atoms with E-state index in [1.807, 2.05) is 36.9 Å². The van der Waals surface area contributed by atoms with E-state index in [1.54, 1.807) is 0 Å². The lowest BCUT2D eigenvalue weighted by molar-refractivity contribution is -0.137. The van der Waals surface area contributed by atoms with Gasteiger partial charge in [0.05, 0.1) is 0 Å². The summed E-state index contributed by atoms with van der Waals surface area (Å²) in [5, 5.41) is 6.28. The molecule has 2 fully saturated rings. The monoisotopic (exact) mass is 329 g/mol. The first kappa shape index (κ1) is 17.0. The number of carbonyl (C=O) groups excluding carboxylic acids is 2. The van der Waals surface area contributed by atoms with Gasteiger partial charge in [0.25, 0.3) is 0 Å². The van der Waals surface area contributed by atoms with Gasteiger partial charge >= 0.3 is 0 Å². The number of piperidine rings is 1. The second-order valence-corrected chi connectivity index (χ2v) is 7.39. The molecule has 1 aromatic carbocycles. The molecular formula is C19H27N3O2. The molecule has 130 valence electrons. The number of benzene rings is 1. The first-order valence-electron chi connectivity index (χ1n) is 8.83. The Hall–Kier alpha value is -1.88. The van der Waals surface area contributed by atoms with Gasteiger partial charge in [0, 0.05) is 30.7 Å². The SMILES string of the molecule is Cc1ccc(NC(=O)CC(=O)N2CCC[C@@]3(CCNC3)C2)c(C)c1. The van der Waals surface area contributed by atoms with Crippen LogP contribution in [0.4, 0.5) is 5.69 Å². The quantitative estimate of drug-likeness (QED) is 0.836. The van der Waals surface area contributed by atoms with Crippen molar-refractivity contribution in [2.24, 2.45) is 5.41 Å². The molecule has 0 unspecified atom stereocenters. The summed E-state index contributed by atoms with van der Waals surface area (Å²) >= 11 is 0. The molecule has 2 saturated heterocycles. The lowest BCUT2D eigenvalue weighted by atomic mass is 9.79. The molecule has 2 aliphatic heterocycles. The van der Waals surface area contributed by atoms with Crippen LogP contribution in [0.2, 0.25) is 0 Å². The Morgan fingerprint density at radius 1 is 1.29 bits per heavy atom. The molecule has 0 aliphatic carbocycles. The molecule has 0 bridgehead atoms. The zero-order valence-electron chi connectivity index (χ0n) is 14.7. The van der Waals surface area contributed by atoms with Crippen LogP contribution >= 0.6 is 0 Å². The van der Waals surface area contributed by atoms with Gasteiger partial charge in [-0.25, -0.2) is 0 Å². The lowest BCUT2D eigenvalue weighted by Gasteiger charge is -2.40. The molecule has 5 nitrogen and oxygen atoms in total. The maximum Gasteiger partial charge on any atom is 0.233 e. The zero-order valence-corrected chi connectivity index (χ0v) is 14.7. The molecule has 2 N–H and O–H groups in total. The van der Waals surface area contributed by atoms with Crippen molar-refractivity contribution in [1.29, 1.82) is 0 Å². The Morgan fingerprint density at radius 2 is 2.12 bits per heavy atom. The van der Waals surface area contributed by atoms with E-state index in [2.05, 4.69) is 10.6 Å². The van der Waals surface area contributed by atoms with Gasteiger partial charge in [-0.2, -0.15) is 0 Å². The summed E-state index contributed by atoms with van der Waals surface area (Å²) in [5.41, 5.74) is 3.20. The summed E-state index contributed by atoms with van der Waals surface area (Å²) in [6, 6.07) is 5.89. The minimum absolute atomic E-state index is 0.0526. The van der Waals surface area contributed by atoms with E-state index in [0.717, 1.165) is 55.8 Å². The van der Waals surface area contributed by atoms with Gasteiger partial charge in [0.2, 0.25) is 11.8 Å². The van der Waals surface area contributed by atoms with Gasteiger partial charge in [-0.1, -0.05) is 17.7 Å². The summed E-state index contributed by atoms with van der Waals surface area (Å²) < 4.78 is 0. The second kappa shape index (κ2) is 6.93. The maximum atomic E-state index is 12.5. The van der Waals surface area contributed by atoms with Crippen molar-refractivity contribution < 1.29 is 9.59 Å². The highest BCUT2D eigenvalue weighted by molar-refractivity contribution is 6.03. The smallest absolute Gasteiger partial charge is 0.233 e. The first-order chi connectivity index (χ1) is 11.5. The summed E-state index contributed by atoms with van der Waals surface area (Å²) in [6.45, 7) is 7.58. The van der Waals surface area contributed by atoms with E-state index < -0.39 is 0 Å². The molecule has 0 radical (unpaired) electrons. The van der Waals surface area contributed by atoms with E-state index in [-0.39, 0.29) is 23.7 Å². The third kappa shape index (κ3) is 3.78. The number of hydrogen-bond donors (Lipinski definition) is 2. The van der Waals surface area contributed by atoms with E-state index in [0.29, 0.717) is 0 Å². The second-order valence-electron chi connectivity index (χ2n) is 7.39. The summed E-state index contributed by atoms with van der Waals surface area (Å²) in [5.74, 6) is -0.278. The van der Waals surface area contributed by atoms with Crippen molar-refractivity contribution >= 4 is 17.5 Å². The molecule has 1 spiro atoms. The van der Waals surface area contributed by atoms with Crippen LogP contribution in [0.3, 0.4) is 0 Å². The topological polar surface area (TPSA) is 61.4 Å². The average molecular weight is 329 g/mol. The molecule has 2 aliphatic rings. The lowest BCUT2D eigenvalue weighted by Crippen LogP contribution is -2.47. The molecular weight excluding hydrogens is 302 g/mol. The minimum Gasteiger partial charge on any atom is -0.342 e. The van der Waals surface area contributed by atoms with E-state index in [4.69, 9.17) is 0 Å². The van der Waals surface area contributed by atoms with Crippen LogP contribution in [-0.2, 0) is 9.59 Å². The normalized spacial score (nSPS) is 23.5. The Kier molecular flexibility index (Phi) is 4.90. The number of amides is 2. The molecule has 1 atom stereocenters. The molecule has 0 aromatic heterocycles. The van der Waals surface area contributed by atoms with Crippen LogP contribution in [-0.4, -0.2) is 42.9 Å². The molecule has 5 heteroatoms. The van der Waals surface area contributed by atoms with Crippen molar-refractivity contribution in [2.45, 2.75) is 39.5 Å². The number of hydrogen-bond acceptors (Lipinski definition) is 3. The van der Waals surface area contributed by atoms with Crippen LogP contribution in [0.1, 0.15) is 36.8 Å². The van der Waals surface area contributed by atoms with Crippen LogP contribution in [0, 0.1) is 19.3 Å². The van der Waals surface area contributed by atoms with E-state index >= 15 is 0 Å². The Balaban J connectivity index is 1.56. The van der Waals surface area contributed by atoms with Gasteiger partial charge in [0.1, 0.15) is 6.42 Å². The highest BCUT2D eigenvalue weighted by atomic mass is 16.2. The van der Waals surface area contributed by atoms with E-state index in [1.165, 1.54) is 6.42 Å². The predicted molar refractivity (Wildman–Crippen MR) is 94.9 cm³/mol. The van der Waals surface area contributed by atoms with Crippen LogP contribution < -0.4 is 10.6 Å². The largest absolute Gasteiger partial charge is 0.342 e. The van der Waals surface area contributed by atoms with Crippen LogP contribution in [0.5, 0.6) is 0 Å². The number of likely N-dealkylation sites (tertiary alicyclic amines) is 1. The molecule has 3 rings (SSSR count). The van der Waals surface area contributed by atoms with Crippen molar-refractivity contribution in [3.8, 4) is 0 Å². The third-order valence-electron chi connectivity index (χ3n) is 5.31. The summed E-state index contributed by atoms with van der Waals surface area (Å²) in [6.07, 6.45) is 3.27. The maximum absolute atomic E-state index is 12.5. The molecule has 24 heavy (non-hydrogen) atoms. The highest BCUT2D eigenvalue weighted by Gasteiger charge is 2.39. The van der Waals surface area contributed by atoms with Crippen molar-refractivity contribution in [3.05, 3.63) is 29.3 Å². The van der Waals surface area contributed by atoms with Gasteiger partial charge in [0.15, 0.2) is 0 Å². The molecule has 1 aromatic rings. The Labute approximate surface area is 143 Å². The summed E-state index contributed by atoms with van der Waals surface area (Å²) in [4.78, 5) is 26.7. The number of nitrogens with one attached hydrogen (secondary N) is 2. The van der Waals surface area contributed by atoms with E-state index in [9.17, 15) is 9.59 Å². The van der Waals surface area contributed by atoms with Crippen molar-refractivity contribution in [2.75, 3.05) is 31.5 Å². The first-order valence-corrected chi connectivity index (χ1v) is 8.83. The fourth-order valence-corrected chi connectivity index (χ4v) is 3.96. The number of rotatable bonds is 3. The molecule has 2 heterocycles.